The van der Waals surface area contributed by atoms with E-state index in [-0.39, 0.29) is 18.6 Å². The van der Waals surface area contributed by atoms with Crippen molar-refractivity contribution in [2.24, 2.45) is 11.8 Å². The SMILES string of the molecule is CCN(CC1CCC(C(C)OC(C)=O)CC1)c1ccc(C(F)(F)F)cc1CNc1ncc(OCCSC)cn1. The van der Waals surface area contributed by atoms with Gasteiger partial charge in [-0.3, -0.25) is 4.79 Å². The van der Waals surface area contributed by atoms with Crippen molar-refractivity contribution in [3.63, 3.8) is 0 Å². The zero-order chi connectivity index (χ0) is 28.4. The van der Waals surface area contributed by atoms with Gasteiger partial charge in [-0.05, 0) is 81.4 Å². The maximum Gasteiger partial charge on any atom is 0.416 e. The molecule has 1 aliphatic carbocycles. The van der Waals surface area contributed by atoms with E-state index in [1.165, 1.54) is 13.0 Å². The van der Waals surface area contributed by atoms with Crippen LogP contribution in [0.2, 0.25) is 0 Å². The third kappa shape index (κ3) is 9.47. The molecule has 0 bridgehead atoms. The fourth-order valence-corrected chi connectivity index (χ4v) is 5.27. The third-order valence-electron chi connectivity index (χ3n) is 7.14. The first-order valence-electron chi connectivity index (χ1n) is 13.4. The summed E-state index contributed by atoms with van der Waals surface area (Å²) in [6.07, 6.45) is 4.47. The predicted molar refractivity (Wildman–Crippen MR) is 149 cm³/mol. The van der Waals surface area contributed by atoms with E-state index in [2.05, 4.69) is 20.2 Å². The van der Waals surface area contributed by atoms with Crippen LogP contribution in [0.15, 0.2) is 30.6 Å². The van der Waals surface area contributed by atoms with Crippen molar-refractivity contribution in [3.05, 3.63) is 41.7 Å². The Hall–Kier alpha value is -2.69. The Balaban J connectivity index is 1.69. The highest BCUT2D eigenvalue weighted by molar-refractivity contribution is 7.98. The summed E-state index contributed by atoms with van der Waals surface area (Å²) in [6.45, 7) is 7.51. The summed E-state index contributed by atoms with van der Waals surface area (Å²) in [5, 5.41) is 3.07. The lowest BCUT2D eigenvalue weighted by molar-refractivity contribution is -0.148. The highest BCUT2D eigenvalue weighted by atomic mass is 32.2. The van der Waals surface area contributed by atoms with Crippen molar-refractivity contribution in [2.75, 3.05) is 41.9 Å². The molecule has 216 valence electrons. The van der Waals surface area contributed by atoms with E-state index in [1.807, 2.05) is 20.1 Å². The van der Waals surface area contributed by atoms with E-state index in [0.717, 1.165) is 49.7 Å². The minimum Gasteiger partial charge on any atom is -0.489 e. The van der Waals surface area contributed by atoms with Gasteiger partial charge in [0.05, 0.1) is 24.6 Å². The number of hydrogen-bond acceptors (Lipinski definition) is 8. The first-order valence-corrected chi connectivity index (χ1v) is 14.8. The molecular formula is C28H39F3N4O3S. The minimum atomic E-state index is -4.44. The van der Waals surface area contributed by atoms with Crippen molar-refractivity contribution in [3.8, 4) is 5.75 Å². The standard InChI is InChI=1S/C28H39F3N4O3S/c1-5-35(18-21-6-8-22(9-7-21)19(2)38-20(3)36)26-11-10-24(28(29,30)31)14-23(26)15-32-27-33-16-25(17-34-27)37-12-13-39-4/h10-11,14,16-17,19,21-22H,5-9,12-13,15,18H2,1-4H3,(H,32,33,34). The predicted octanol–water partition coefficient (Wildman–Crippen LogP) is 6.43. The Morgan fingerprint density at radius 1 is 1.21 bits per heavy atom. The largest absolute Gasteiger partial charge is 0.489 e. The summed E-state index contributed by atoms with van der Waals surface area (Å²) in [5.74, 6) is 2.21. The quantitative estimate of drug-likeness (QED) is 0.219. The first kappa shape index (κ1) is 30.8. The molecule has 3 rings (SSSR count). The smallest absolute Gasteiger partial charge is 0.416 e. The van der Waals surface area contributed by atoms with Gasteiger partial charge in [0, 0.05) is 38.0 Å². The Labute approximate surface area is 233 Å². The molecule has 7 nitrogen and oxygen atoms in total. The monoisotopic (exact) mass is 568 g/mol. The van der Waals surface area contributed by atoms with Crippen LogP contribution in [0.1, 0.15) is 57.6 Å². The zero-order valence-corrected chi connectivity index (χ0v) is 23.9. The van der Waals surface area contributed by atoms with Gasteiger partial charge in [-0.1, -0.05) is 0 Å². The number of benzene rings is 1. The molecule has 1 atom stereocenters. The number of carbonyl (C=O) groups is 1. The Morgan fingerprint density at radius 3 is 2.49 bits per heavy atom. The van der Waals surface area contributed by atoms with Crippen LogP contribution in [0.5, 0.6) is 5.75 Å². The van der Waals surface area contributed by atoms with Crippen molar-refractivity contribution < 1.29 is 27.4 Å². The number of aromatic nitrogens is 2. The molecule has 1 unspecified atom stereocenters. The molecule has 1 heterocycles. The molecule has 39 heavy (non-hydrogen) atoms. The van der Waals surface area contributed by atoms with Crippen LogP contribution >= 0.6 is 11.8 Å². The van der Waals surface area contributed by atoms with E-state index in [4.69, 9.17) is 9.47 Å². The van der Waals surface area contributed by atoms with E-state index < -0.39 is 11.7 Å². The topological polar surface area (TPSA) is 76.6 Å². The number of alkyl halides is 3. The molecule has 0 saturated heterocycles. The number of hydrogen-bond donors (Lipinski definition) is 1. The molecule has 0 radical (unpaired) electrons. The number of anilines is 2. The second kappa shape index (κ2) is 14.6. The summed E-state index contributed by atoms with van der Waals surface area (Å²) in [5.41, 5.74) is 0.621. The lowest BCUT2D eigenvalue weighted by Crippen LogP contribution is -2.34. The highest BCUT2D eigenvalue weighted by Crippen LogP contribution is 2.36. The normalized spacial score (nSPS) is 18.3. The van der Waals surface area contributed by atoms with Gasteiger partial charge in [0.15, 0.2) is 5.75 Å². The summed E-state index contributed by atoms with van der Waals surface area (Å²) in [4.78, 5) is 22.0. The van der Waals surface area contributed by atoms with Gasteiger partial charge < -0.3 is 19.7 Å². The molecule has 2 aromatic rings. The average Bonchev–Trinajstić information content (AvgIpc) is 2.91. The van der Waals surface area contributed by atoms with Crippen LogP contribution in [0, 0.1) is 11.8 Å². The van der Waals surface area contributed by atoms with Crippen LogP contribution in [0.4, 0.5) is 24.8 Å². The van der Waals surface area contributed by atoms with Gasteiger partial charge in [0.1, 0.15) is 6.10 Å². The average molecular weight is 569 g/mol. The van der Waals surface area contributed by atoms with Gasteiger partial charge >= 0.3 is 12.1 Å². The molecule has 11 heteroatoms. The van der Waals surface area contributed by atoms with E-state index in [1.54, 1.807) is 30.2 Å². The van der Waals surface area contributed by atoms with Gasteiger partial charge in [-0.25, -0.2) is 9.97 Å². The molecule has 1 saturated carbocycles. The van der Waals surface area contributed by atoms with E-state index >= 15 is 0 Å². The first-order chi connectivity index (χ1) is 18.6. The second-order valence-electron chi connectivity index (χ2n) is 9.91. The molecule has 1 aliphatic rings. The highest BCUT2D eigenvalue weighted by Gasteiger charge is 2.32. The van der Waals surface area contributed by atoms with Gasteiger partial charge in [-0.15, -0.1) is 0 Å². The van der Waals surface area contributed by atoms with E-state index in [0.29, 0.717) is 42.2 Å². The number of ether oxygens (including phenoxy) is 2. The molecule has 1 fully saturated rings. The second-order valence-corrected chi connectivity index (χ2v) is 10.9. The Morgan fingerprint density at radius 2 is 1.90 bits per heavy atom. The lowest BCUT2D eigenvalue weighted by atomic mass is 9.79. The zero-order valence-electron chi connectivity index (χ0n) is 23.1. The molecule has 0 amide bonds. The molecule has 1 aromatic heterocycles. The molecule has 1 aromatic carbocycles. The van der Waals surface area contributed by atoms with Gasteiger partial charge in [0.2, 0.25) is 5.95 Å². The van der Waals surface area contributed by atoms with Gasteiger partial charge in [-0.2, -0.15) is 24.9 Å². The number of nitrogens with zero attached hydrogens (tertiary/aromatic N) is 3. The number of esters is 1. The van der Waals surface area contributed by atoms with Gasteiger partial charge in [0.25, 0.3) is 0 Å². The number of carbonyl (C=O) groups excluding carboxylic acids is 1. The number of rotatable bonds is 13. The molecular weight excluding hydrogens is 529 g/mol. The van der Waals surface area contributed by atoms with Crippen LogP contribution in [0.3, 0.4) is 0 Å². The van der Waals surface area contributed by atoms with Crippen molar-refractivity contribution in [1.82, 2.24) is 9.97 Å². The number of halogens is 3. The van der Waals surface area contributed by atoms with Crippen LogP contribution in [-0.2, 0) is 22.3 Å². The van der Waals surface area contributed by atoms with Crippen molar-refractivity contribution >= 4 is 29.4 Å². The summed E-state index contributed by atoms with van der Waals surface area (Å²) >= 11 is 1.67. The maximum absolute atomic E-state index is 13.6. The summed E-state index contributed by atoms with van der Waals surface area (Å²) in [7, 11) is 0. The fraction of sp³-hybridized carbons (Fsp3) is 0.607. The van der Waals surface area contributed by atoms with Crippen LogP contribution in [0.25, 0.3) is 0 Å². The molecule has 0 spiro atoms. The van der Waals surface area contributed by atoms with Crippen LogP contribution in [-0.4, -0.2) is 53.7 Å². The maximum atomic E-state index is 13.6. The molecule has 1 N–H and O–H groups in total. The minimum absolute atomic E-state index is 0.100. The Bertz CT molecular complexity index is 1050. The van der Waals surface area contributed by atoms with E-state index in [9.17, 15) is 18.0 Å². The fourth-order valence-electron chi connectivity index (χ4n) is 5.02. The van der Waals surface area contributed by atoms with Crippen LogP contribution < -0.4 is 15.0 Å². The van der Waals surface area contributed by atoms with Crippen molar-refractivity contribution in [2.45, 2.75) is 65.3 Å². The summed E-state index contributed by atoms with van der Waals surface area (Å²) in [6, 6.07) is 3.93. The molecule has 0 aliphatic heterocycles. The number of thioether (sulfide) groups is 1. The third-order valence-corrected chi connectivity index (χ3v) is 7.71. The van der Waals surface area contributed by atoms with Crippen molar-refractivity contribution in [1.29, 1.82) is 0 Å². The Kier molecular flexibility index (Phi) is 11.6. The number of nitrogens with one attached hydrogen (secondary N) is 1. The summed E-state index contributed by atoms with van der Waals surface area (Å²) < 4.78 is 51.6. The lowest BCUT2D eigenvalue weighted by Gasteiger charge is -2.36.